The molecule has 6 heteroatoms. The number of amides is 1. The maximum absolute atomic E-state index is 11.9. The zero-order valence-electron chi connectivity index (χ0n) is 13.6. The lowest BCUT2D eigenvalue weighted by atomic mass is 10.2. The van der Waals surface area contributed by atoms with E-state index in [2.05, 4.69) is 10.6 Å². The maximum atomic E-state index is 11.9. The molecule has 2 aromatic carbocycles. The molecule has 24 heavy (non-hydrogen) atoms. The Balaban J connectivity index is 1.76. The molecular formula is C18H20Cl2N2O2. The van der Waals surface area contributed by atoms with E-state index in [0.717, 1.165) is 11.4 Å². The van der Waals surface area contributed by atoms with E-state index in [1.165, 1.54) is 0 Å². The molecule has 128 valence electrons. The van der Waals surface area contributed by atoms with Crippen molar-refractivity contribution in [3.8, 4) is 5.75 Å². The van der Waals surface area contributed by atoms with Crippen LogP contribution in [-0.4, -0.2) is 18.6 Å². The fraction of sp³-hybridized carbons (Fsp3) is 0.278. The van der Waals surface area contributed by atoms with E-state index >= 15 is 0 Å². The van der Waals surface area contributed by atoms with Crippen LogP contribution < -0.4 is 15.4 Å². The first-order valence-electron chi connectivity index (χ1n) is 7.69. The van der Waals surface area contributed by atoms with Crippen LogP contribution in [0.2, 0.25) is 10.0 Å². The number of halogens is 2. The molecule has 0 aliphatic carbocycles. The lowest BCUT2D eigenvalue weighted by Crippen LogP contribution is -2.16. The second-order valence-corrected chi connectivity index (χ2v) is 6.36. The third-order valence-corrected chi connectivity index (χ3v) is 3.85. The van der Waals surface area contributed by atoms with E-state index in [1.54, 1.807) is 18.2 Å². The minimum absolute atomic E-state index is 0.0966. The van der Waals surface area contributed by atoms with E-state index in [4.69, 9.17) is 27.9 Å². The van der Waals surface area contributed by atoms with Crippen molar-refractivity contribution in [1.82, 2.24) is 0 Å². The van der Waals surface area contributed by atoms with Crippen molar-refractivity contribution >= 4 is 40.5 Å². The summed E-state index contributed by atoms with van der Waals surface area (Å²) in [5, 5.41) is 6.86. The molecule has 4 nitrogen and oxygen atoms in total. The number of ether oxygens (including phenoxy) is 1. The average molecular weight is 367 g/mol. The standard InChI is InChI=1S/C18H20Cl2N2O2/c1-12(2)24-15-6-3-13(4-7-15)21-10-9-18(23)22-14-5-8-16(19)17(20)11-14/h3-8,11-12,21H,9-10H2,1-2H3,(H,22,23). The van der Waals surface area contributed by atoms with Gasteiger partial charge in [0.15, 0.2) is 0 Å². The minimum Gasteiger partial charge on any atom is -0.491 e. The largest absolute Gasteiger partial charge is 0.491 e. The van der Waals surface area contributed by atoms with Crippen LogP contribution in [-0.2, 0) is 4.79 Å². The lowest BCUT2D eigenvalue weighted by molar-refractivity contribution is -0.115. The Morgan fingerprint density at radius 2 is 1.71 bits per heavy atom. The fourth-order valence-corrected chi connectivity index (χ4v) is 2.34. The molecule has 0 spiro atoms. The van der Waals surface area contributed by atoms with Crippen LogP contribution in [0.3, 0.4) is 0 Å². The highest BCUT2D eigenvalue weighted by Crippen LogP contribution is 2.25. The summed E-state index contributed by atoms with van der Waals surface area (Å²) in [4.78, 5) is 11.9. The van der Waals surface area contributed by atoms with Crippen molar-refractivity contribution < 1.29 is 9.53 Å². The average Bonchev–Trinajstić information content (AvgIpc) is 2.52. The van der Waals surface area contributed by atoms with Gasteiger partial charge in [-0.25, -0.2) is 0 Å². The molecule has 1 amide bonds. The molecule has 0 atom stereocenters. The lowest BCUT2D eigenvalue weighted by Gasteiger charge is -2.11. The second kappa shape index (κ2) is 8.81. The summed E-state index contributed by atoms with van der Waals surface area (Å²) < 4.78 is 5.58. The van der Waals surface area contributed by atoms with Crippen LogP contribution in [0.25, 0.3) is 0 Å². The first-order chi connectivity index (χ1) is 11.4. The third kappa shape index (κ3) is 5.95. The monoisotopic (exact) mass is 366 g/mol. The van der Waals surface area contributed by atoms with Crippen molar-refractivity contribution in [1.29, 1.82) is 0 Å². The van der Waals surface area contributed by atoms with E-state index < -0.39 is 0 Å². The van der Waals surface area contributed by atoms with Gasteiger partial charge in [0.05, 0.1) is 16.1 Å². The van der Waals surface area contributed by atoms with Gasteiger partial charge in [-0.15, -0.1) is 0 Å². The van der Waals surface area contributed by atoms with E-state index in [0.29, 0.717) is 28.7 Å². The van der Waals surface area contributed by atoms with Gasteiger partial charge in [-0.3, -0.25) is 4.79 Å². The van der Waals surface area contributed by atoms with Crippen molar-refractivity contribution in [2.45, 2.75) is 26.4 Å². The van der Waals surface area contributed by atoms with E-state index in [-0.39, 0.29) is 12.0 Å². The number of anilines is 2. The first-order valence-corrected chi connectivity index (χ1v) is 8.45. The van der Waals surface area contributed by atoms with Gasteiger partial charge in [-0.2, -0.15) is 0 Å². The van der Waals surface area contributed by atoms with E-state index in [9.17, 15) is 4.79 Å². The SMILES string of the molecule is CC(C)Oc1ccc(NCCC(=O)Nc2ccc(Cl)c(Cl)c2)cc1. The maximum Gasteiger partial charge on any atom is 0.226 e. The predicted octanol–water partition coefficient (Wildman–Crippen LogP) is 5.22. The summed E-state index contributed by atoms with van der Waals surface area (Å²) in [6, 6.07) is 12.6. The van der Waals surface area contributed by atoms with Gasteiger partial charge in [0.2, 0.25) is 5.91 Å². The first kappa shape index (κ1) is 18.4. The Morgan fingerprint density at radius 1 is 1.04 bits per heavy atom. The molecular weight excluding hydrogens is 347 g/mol. The molecule has 0 aromatic heterocycles. The summed E-state index contributed by atoms with van der Waals surface area (Å²) in [6.07, 6.45) is 0.485. The van der Waals surface area contributed by atoms with Crippen molar-refractivity contribution in [3.05, 3.63) is 52.5 Å². The summed E-state index contributed by atoms with van der Waals surface area (Å²) in [5.74, 6) is 0.730. The van der Waals surface area contributed by atoms with Crippen LogP contribution in [0.15, 0.2) is 42.5 Å². The third-order valence-electron chi connectivity index (χ3n) is 3.11. The van der Waals surface area contributed by atoms with Crippen molar-refractivity contribution in [2.75, 3.05) is 17.2 Å². The summed E-state index contributed by atoms with van der Waals surface area (Å²) >= 11 is 11.8. The minimum atomic E-state index is -0.0966. The normalized spacial score (nSPS) is 10.5. The number of hydrogen-bond donors (Lipinski definition) is 2. The Hall–Kier alpha value is -1.91. The predicted molar refractivity (Wildman–Crippen MR) is 100 cm³/mol. The molecule has 0 saturated heterocycles. The number of carbonyl (C=O) groups is 1. The topological polar surface area (TPSA) is 50.4 Å². The van der Waals surface area contributed by atoms with Gasteiger partial charge < -0.3 is 15.4 Å². The summed E-state index contributed by atoms with van der Waals surface area (Å²) in [7, 11) is 0. The highest BCUT2D eigenvalue weighted by atomic mass is 35.5. The molecule has 2 rings (SSSR count). The van der Waals surface area contributed by atoms with Crippen LogP contribution in [0.4, 0.5) is 11.4 Å². The Bertz CT molecular complexity index is 688. The zero-order chi connectivity index (χ0) is 17.5. The molecule has 0 unspecified atom stereocenters. The van der Waals surface area contributed by atoms with Crippen LogP contribution >= 0.6 is 23.2 Å². The van der Waals surface area contributed by atoms with Gasteiger partial charge in [-0.05, 0) is 56.3 Å². The molecule has 0 aliphatic heterocycles. The Morgan fingerprint density at radius 3 is 2.33 bits per heavy atom. The highest BCUT2D eigenvalue weighted by Gasteiger charge is 2.05. The van der Waals surface area contributed by atoms with Crippen molar-refractivity contribution in [3.63, 3.8) is 0 Å². The summed E-state index contributed by atoms with van der Waals surface area (Å²) in [5.41, 5.74) is 1.57. The van der Waals surface area contributed by atoms with Crippen LogP contribution in [0.5, 0.6) is 5.75 Å². The summed E-state index contributed by atoms with van der Waals surface area (Å²) in [6.45, 7) is 4.49. The van der Waals surface area contributed by atoms with Crippen LogP contribution in [0, 0.1) is 0 Å². The number of rotatable bonds is 7. The molecule has 2 N–H and O–H groups in total. The number of hydrogen-bond acceptors (Lipinski definition) is 3. The molecule has 0 bridgehead atoms. The molecule has 0 saturated carbocycles. The highest BCUT2D eigenvalue weighted by molar-refractivity contribution is 6.42. The molecule has 0 heterocycles. The number of nitrogens with one attached hydrogen (secondary N) is 2. The quantitative estimate of drug-likeness (QED) is 0.705. The molecule has 2 aromatic rings. The number of benzene rings is 2. The van der Waals surface area contributed by atoms with Crippen LogP contribution in [0.1, 0.15) is 20.3 Å². The Kier molecular flexibility index (Phi) is 6.76. The van der Waals surface area contributed by atoms with Gasteiger partial charge in [-0.1, -0.05) is 23.2 Å². The van der Waals surface area contributed by atoms with Crippen molar-refractivity contribution in [2.24, 2.45) is 0 Å². The Labute approximate surface area is 152 Å². The van der Waals surface area contributed by atoms with E-state index in [1.807, 2.05) is 38.1 Å². The van der Waals surface area contributed by atoms with Gasteiger partial charge >= 0.3 is 0 Å². The smallest absolute Gasteiger partial charge is 0.226 e. The van der Waals surface area contributed by atoms with Gasteiger partial charge in [0, 0.05) is 24.3 Å². The second-order valence-electron chi connectivity index (χ2n) is 5.54. The number of carbonyl (C=O) groups excluding carboxylic acids is 1. The molecule has 0 fully saturated rings. The molecule has 0 aliphatic rings. The molecule has 0 radical (unpaired) electrons. The van der Waals surface area contributed by atoms with Gasteiger partial charge in [0.1, 0.15) is 5.75 Å². The zero-order valence-corrected chi connectivity index (χ0v) is 15.1. The fourth-order valence-electron chi connectivity index (χ4n) is 2.04. The van der Waals surface area contributed by atoms with Gasteiger partial charge in [0.25, 0.3) is 0 Å².